The van der Waals surface area contributed by atoms with Gasteiger partial charge < -0.3 is 19.3 Å². The SMILES string of the molecule is CN(C)C(=O)N1CCN(C(=O)c2cccn2C)CC1. The van der Waals surface area contributed by atoms with E-state index >= 15 is 0 Å². The molecular weight excluding hydrogens is 244 g/mol. The Morgan fingerprint density at radius 3 is 2.16 bits per heavy atom. The molecule has 1 aliphatic rings. The van der Waals surface area contributed by atoms with Crippen LogP contribution in [0.25, 0.3) is 0 Å². The van der Waals surface area contributed by atoms with Gasteiger partial charge in [-0.25, -0.2) is 4.79 Å². The van der Waals surface area contributed by atoms with Crippen LogP contribution in [0.1, 0.15) is 10.5 Å². The van der Waals surface area contributed by atoms with E-state index < -0.39 is 0 Å². The van der Waals surface area contributed by atoms with Crippen molar-refractivity contribution in [3.63, 3.8) is 0 Å². The van der Waals surface area contributed by atoms with Crippen LogP contribution in [0.3, 0.4) is 0 Å². The van der Waals surface area contributed by atoms with Gasteiger partial charge in [0.25, 0.3) is 5.91 Å². The lowest BCUT2D eigenvalue weighted by molar-refractivity contribution is 0.0641. The van der Waals surface area contributed by atoms with Gasteiger partial charge >= 0.3 is 6.03 Å². The Kier molecular flexibility index (Phi) is 3.78. The lowest BCUT2D eigenvalue weighted by Crippen LogP contribution is -2.53. The molecule has 1 aromatic heterocycles. The molecule has 3 amide bonds. The van der Waals surface area contributed by atoms with Gasteiger partial charge in [-0.2, -0.15) is 0 Å². The van der Waals surface area contributed by atoms with Crippen molar-refractivity contribution >= 4 is 11.9 Å². The van der Waals surface area contributed by atoms with Gasteiger partial charge in [0.15, 0.2) is 0 Å². The summed E-state index contributed by atoms with van der Waals surface area (Å²) in [6, 6.07) is 3.68. The van der Waals surface area contributed by atoms with E-state index in [1.807, 2.05) is 29.9 Å². The Morgan fingerprint density at radius 2 is 1.68 bits per heavy atom. The van der Waals surface area contributed by atoms with Crippen molar-refractivity contribution in [2.24, 2.45) is 7.05 Å². The summed E-state index contributed by atoms with van der Waals surface area (Å²) in [5.74, 6) is 0.0319. The Bertz CT molecular complexity index is 473. The number of carbonyl (C=O) groups is 2. The normalized spacial score (nSPS) is 15.5. The minimum atomic E-state index is 0.00552. The zero-order valence-electron chi connectivity index (χ0n) is 11.7. The van der Waals surface area contributed by atoms with Crippen LogP contribution in [-0.2, 0) is 7.05 Å². The first kappa shape index (κ1) is 13.5. The van der Waals surface area contributed by atoms with Gasteiger partial charge in [0, 0.05) is 53.5 Å². The number of nitrogens with zero attached hydrogens (tertiary/aromatic N) is 4. The average molecular weight is 264 g/mol. The first-order chi connectivity index (χ1) is 9.00. The summed E-state index contributed by atoms with van der Waals surface area (Å²) in [6.07, 6.45) is 1.86. The van der Waals surface area contributed by atoms with E-state index in [1.165, 1.54) is 0 Å². The molecule has 6 nitrogen and oxygen atoms in total. The number of aromatic nitrogens is 1. The van der Waals surface area contributed by atoms with Crippen LogP contribution in [0.15, 0.2) is 18.3 Å². The van der Waals surface area contributed by atoms with Gasteiger partial charge in [-0.05, 0) is 12.1 Å². The number of hydrogen-bond acceptors (Lipinski definition) is 2. The third kappa shape index (κ3) is 2.72. The molecule has 1 aromatic rings. The minimum absolute atomic E-state index is 0.00552. The lowest BCUT2D eigenvalue weighted by Gasteiger charge is -2.35. The average Bonchev–Trinajstić information content (AvgIpc) is 2.83. The van der Waals surface area contributed by atoms with Crippen LogP contribution < -0.4 is 0 Å². The molecule has 1 fully saturated rings. The van der Waals surface area contributed by atoms with Crippen molar-refractivity contribution in [3.8, 4) is 0 Å². The van der Waals surface area contributed by atoms with Crippen LogP contribution in [-0.4, -0.2) is 71.5 Å². The summed E-state index contributed by atoms with van der Waals surface area (Å²) in [4.78, 5) is 29.2. The number of carbonyl (C=O) groups excluding carboxylic acids is 2. The van der Waals surface area contributed by atoms with Gasteiger partial charge in [-0.1, -0.05) is 0 Å². The topological polar surface area (TPSA) is 48.8 Å². The molecule has 2 heterocycles. The van der Waals surface area contributed by atoms with Crippen molar-refractivity contribution in [2.75, 3.05) is 40.3 Å². The van der Waals surface area contributed by atoms with Gasteiger partial charge in [-0.15, -0.1) is 0 Å². The monoisotopic (exact) mass is 264 g/mol. The van der Waals surface area contributed by atoms with Gasteiger partial charge in [-0.3, -0.25) is 4.79 Å². The molecule has 1 aliphatic heterocycles. The standard InChI is InChI=1S/C13H20N4O2/c1-14(2)13(19)17-9-7-16(8-10-17)12(18)11-5-4-6-15(11)3/h4-6H,7-10H2,1-3H3. The summed E-state index contributed by atoms with van der Waals surface area (Å²) >= 11 is 0. The number of rotatable bonds is 1. The fraction of sp³-hybridized carbons (Fsp3) is 0.538. The molecule has 0 bridgehead atoms. The number of urea groups is 1. The summed E-state index contributed by atoms with van der Waals surface area (Å²) in [6.45, 7) is 2.35. The summed E-state index contributed by atoms with van der Waals surface area (Å²) in [7, 11) is 5.34. The fourth-order valence-corrected chi connectivity index (χ4v) is 2.23. The second kappa shape index (κ2) is 5.34. The van der Waals surface area contributed by atoms with Crippen LogP contribution in [0, 0.1) is 0 Å². The van der Waals surface area contributed by atoms with E-state index in [9.17, 15) is 9.59 Å². The number of hydrogen-bond donors (Lipinski definition) is 0. The van der Waals surface area contributed by atoms with E-state index in [4.69, 9.17) is 0 Å². The molecule has 104 valence electrons. The number of aryl methyl sites for hydroxylation is 1. The van der Waals surface area contributed by atoms with Crippen LogP contribution >= 0.6 is 0 Å². The Labute approximate surface area is 113 Å². The van der Waals surface area contributed by atoms with E-state index in [1.54, 1.807) is 28.8 Å². The highest BCUT2D eigenvalue weighted by Crippen LogP contribution is 2.10. The summed E-state index contributed by atoms with van der Waals surface area (Å²) < 4.78 is 1.82. The fourth-order valence-electron chi connectivity index (χ4n) is 2.23. The maximum atomic E-state index is 12.3. The Morgan fingerprint density at radius 1 is 1.11 bits per heavy atom. The van der Waals surface area contributed by atoms with Crippen molar-refractivity contribution in [1.82, 2.24) is 19.3 Å². The van der Waals surface area contributed by atoms with E-state index in [0.29, 0.717) is 31.9 Å². The zero-order valence-corrected chi connectivity index (χ0v) is 11.7. The molecule has 1 saturated heterocycles. The molecule has 0 aromatic carbocycles. The van der Waals surface area contributed by atoms with E-state index in [2.05, 4.69) is 0 Å². The van der Waals surface area contributed by atoms with Crippen molar-refractivity contribution in [2.45, 2.75) is 0 Å². The van der Waals surface area contributed by atoms with Crippen LogP contribution in [0.4, 0.5) is 4.79 Å². The highest BCUT2D eigenvalue weighted by Gasteiger charge is 2.26. The molecule has 0 atom stereocenters. The Hall–Kier alpha value is -1.98. The largest absolute Gasteiger partial charge is 0.347 e. The molecule has 0 unspecified atom stereocenters. The summed E-state index contributed by atoms with van der Waals surface area (Å²) in [5.41, 5.74) is 0.687. The second-order valence-corrected chi connectivity index (χ2v) is 4.96. The molecule has 6 heteroatoms. The first-order valence-corrected chi connectivity index (χ1v) is 6.37. The highest BCUT2D eigenvalue weighted by atomic mass is 16.2. The number of amides is 3. The second-order valence-electron chi connectivity index (χ2n) is 4.96. The molecule has 0 spiro atoms. The van der Waals surface area contributed by atoms with Crippen molar-refractivity contribution in [3.05, 3.63) is 24.0 Å². The predicted octanol–water partition coefficient (Wildman–Crippen LogP) is 0.464. The maximum Gasteiger partial charge on any atom is 0.319 e. The molecule has 0 saturated carbocycles. The highest BCUT2D eigenvalue weighted by molar-refractivity contribution is 5.93. The van der Waals surface area contributed by atoms with Crippen molar-refractivity contribution in [1.29, 1.82) is 0 Å². The smallest absolute Gasteiger partial charge is 0.319 e. The van der Waals surface area contributed by atoms with Gasteiger partial charge in [0.2, 0.25) is 0 Å². The van der Waals surface area contributed by atoms with Gasteiger partial charge in [0.1, 0.15) is 5.69 Å². The quantitative estimate of drug-likeness (QED) is 0.740. The van der Waals surface area contributed by atoms with E-state index in [0.717, 1.165) is 0 Å². The maximum absolute atomic E-state index is 12.3. The van der Waals surface area contributed by atoms with Crippen LogP contribution in [0.2, 0.25) is 0 Å². The van der Waals surface area contributed by atoms with Crippen LogP contribution in [0.5, 0.6) is 0 Å². The molecule has 0 N–H and O–H groups in total. The third-order valence-corrected chi connectivity index (χ3v) is 3.38. The van der Waals surface area contributed by atoms with E-state index in [-0.39, 0.29) is 11.9 Å². The minimum Gasteiger partial charge on any atom is -0.347 e. The molecule has 0 aliphatic carbocycles. The zero-order chi connectivity index (χ0) is 14.0. The number of piperazine rings is 1. The predicted molar refractivity (Wildman–Crippen MR) is 72.0 cm³/mol. The Balaban J connectivity index is 1.95. The molecule has 0 radical (unpaired) electrons. The lowest BCUT2D eigenvalue weighted by atomic mass is 10.3. The molecule has 19 heavy (non-hydrogen) atoms. The third-order valence-electron chi connectivity index (χ3n) is 3.38. The molecule has 2 rings (SSSR count). The van der Waals surface area contributed by atoms with Crippen molar-refractivity contribution < 1.29 is 9.59 Å². The summed E-state index contributed by atoms with van der Waals surface area (Å²) in [5, 5.41) is 0. The van der Waals surface area contributed by atoms with Gasteiger partial charge in [0.05, 0.1) is 0 Å². The first-order valence-electron chi connectivity index (χ1n) is 6.37. The molecular formula is C13H20N4O2.